The first-order valence-electron chi connectivity index (χ1n) is 6.91. The number of fused-ring (bicyclic) bond motifs is 3. The van der Waals surface area contributed by atoms with Gasteiger partial charge in [0.05, 0.1) is 11.9 Å². The van der Waals surface area contributed by atoms with Crippen molar-refractivity contribution in [2.24, 2.45) is 0 Å². The van der Waals surface area contributed by atoms with Gasteiger partial charge < -0.3 is 0 Å². The average Bonchev–Trinajstić information content (AvgIpc) is 2.96. The van der Waals surface area contributed by atoms with Crippen molar-refractivity contribution in [1.82, 2.24) is 10.2 Å². The van der Waals surface area contributed by atoms with Crippen LogP contribution in [0.3, 0.4) is 0 Å². The van der Waals surface area contributed by atoms with E-state index >= 15 is 0 Å². The molecule has 1 heterocycles. The van der Waals surface area contributed by atoms with Crippen molar-refractivity contribution in [1.29, 1.82) is 0 Å². The Morgan fingerprint density at radius 2 is 2.11 bits per heavy atom. The third kappa shape index (κ3) is 1.67. The molecule has 0 aliphatic heterocycles. The summed E-state index contributed by atoms with van der Waals surface area (Å²) < 4.78 is 0. The largest absolute Gasteiger partial charge is 0.278 e. The van der Waals surface area contributed by atoms with Crippen molar-refractivity contribution in [2.45, 2.75) is 25.2 Å². The van der Waals surface area contributed by atoms with E-state index in [1.54, 1.807) is 0 Å². The number of nitrogens with one attached hydrogen (secondary N) is 1. The predicted molar refractivity (Wildman–Crippen MR) is 76.9 cm³/mol. The monoisotopic (exact) mass is 248 g/mol. The SMILES string of the molecule is C1=CC(C2Cc3cn[nH]c3-c3ccccc32)=CCC1. The smallest absolute Gasteiger partial charge is 0.0685 e. The lowest BCUT2D eigenvalue weighted by Gasteiger charge is -2.27. The fourth-order valence-electron chi connectivity index (χ4n) is 3.25. The quantitative estimate of drug-likeness (QED) is 0.812. The Kier molecular flexibility index (Phi) is 2.41. The fourth-order valence-corrected chi connectivity index (χ4v) is 3.25. The zero-order valence-electron chi connectivity index (χ0n) is 10.8. The van der Waals surface area contributed by atoms with Gasteiger partial charge in [0.1, 0.15) is 0 Å². The molecule has 19 heavy (non-hydrogen) atoms. The van der Waals surface area contributed by atoms with E-state index in [2.05, 4.69) is 52.7 Å². The molecule has 2 nitrogen and oxygen atoms in total. The Labute approximate surface area is 112 Å². The summed E-state index contributed by atoms with van der Waals surface area (Å²) in [7, 11) is 0. The van der Waals surface area contributed by atoms with Gasteiger partial charge in [-0.3, -0.25) is 5.10 Å². The minimum atomic E-state index is 0.484. The van der Waals surface area contributed by atoms with E-state index < -0.39 is 0 Å². The van der Waals surface area contributed by atoms with Gasteiger partial charge in [0, 0.05) is 11.5 Å². The predicted octanol–water partition coefficient (Wildman–Crippen LogP) is 3.99. The van der Waals surface area contributed by atoms with Gasteiger partial charge in [-0.25, -0.2) is 0 Å². The van der Waals surface area contributed by atoms with Gasteiger partial charge in [-0.2, -0.15) is 5.10 Å². The molecule has 0 saturated heterocycles. The maximum absolute atomic E-state index is 4.22. The fraction of sp³-hybridized carbons (Fsp3) is 0.235. The minimum Gasteiger partial charge on any atom is -0.278 e. The number of H-pyrrole nitrogens is 1. The highest BCUT2D eigenvalue weighted by Gasteiger charge is 2.27. The van der Waals surface area contributed by atoms with Crippen molar-refractivity contribution in [3.63, 3.8) is 0 Å². The molecule has 0 spiro atoms. The standard InChI is InChI=1S/C17H16N2/c1-2-6-12(7-3-1)16-10-13-11-18-19-17(13)15-9-5-4-8-14(15)16/h2,4-9,11,16H,1,3,10H2,(H,18,19). The number of aromatic amines is 1. The first-order chi connectivity index (χ1) is 9.43. The number of nitrogens with zero attached hydrogens (tertiary/aromatic N) is 1. The molecule has 1 aromatic heterocycles. The highest BCUT2D eigenvalue weighted by molar-refractivity contribution is 5.71. The second-order valence-electron chi connectivity index (χ2n) is 5.30. The van der Waals surface area contributed by atoms with E-state index in [9.17, 15) is 0 Å². The van der Waals surface area contributed by atoms with Crippen LogP contribution in [0.1, 0.15) is 29.9 Å². The summed E-state index contributed by atoms with van der Waals surface area (Å²) in [6, 6.07) is 8.70. The molecule has 0 fully saturated rings. The summed E-state index contributed by atoms with van der Waals surface area (Å²) in [5.41, 5.74) is 6.74. The Morgan fingerprint density at radius 3 is 3.00 bits per heavy atom. The number of rotatable bonds is 1. The van der Waals surface area contributed by atoms with Crippen molar-refractivity contribution in [2.75, 3.05) is 0 Å². The highest BCUT2D eigenvalue weighted by Crippen LogP contribution is 2.42. The van der Waals surface area contributed by atoms with Crippen LogP contribution in [0.2, 0.25) is 0 Å². The van der Waals surface area contributed by atoms with E-state index in [-0.39, 0.29) is 0 Å². The lowest BCUT2D eigenvalue weighted by atomic mass is 9.77. The van der Waals surface area contributed by atoms with E-state index in [0.29, 0.717) is 5.92 Å². The van der Waals surface area contributed by atoms with Gasteiger partial charge in [0.15, 0.2) is 0 Å². The molecule has 2 aliphatic carbocycles. The molecule has 0 amide bonds. The molecule has 2 aliphatic rings. The summed E-state index contributed by atoms with van der Waals surface area (Å²) in [4.78, 5) is 0. The first-order valence-corrected chi connectivity index (χ1v) is 6.91. The van der Waals surface area contributed by atoms with Crippen molar-refractivity contribution >= 4 is 0 Å². The molecule has 1 unspecified atom stereocenters. The van der Waals surface area contributed by atoms with Crippen LogP contribution in [0.4, 0.5) is 0 Å². The second kappa shape index (κ2) is 4.23. The summed E-state index contributed by atoms with van der Waals surface area (Å²) in [5.74, 6) is 0.484. The van der Waals surface area contributed by atoms with Crippen LogP contribution >= 0.6 is 0 Å². The van der Waals surface area contributed by atoms with Gasteiger partial charge in [-0.1, -0.05) is 42.5 Å². The van der Waals surface area contributed by atoms with Crippen LogP contribution in [-0.2, 0) is 6.42 Å². The van der Waals surface area contributed by atoms with Crippen molar-refractivity contribution in [3.8, 4) is 11.3 Å². The Morgan fingerprint density at radius 1 is 1.16 bits per heavy atom. The van der Waals surface area contributed by atoms with Gasteiger partial charge >= 0.3 is 0 Å². The zero-order chi connectivity index (χ0) is 12.7. The molecule has 94 valence electrons. The van der Waals surface area contributed by atoms with Crippen LogP contribution in [0.5, 0.6) is 0 Å². The van der Waals surface area contributed by atoms with Crippen molar-refractivity contribution < 1.29 is 0 Å². The second-order valence-corrected chi connectivity index (χ2v) is 5.30. The topological polar surface area (TPSA) is 28.7 Å². The maximum Gasteiger partial charge on any atom is 0.0685 e. The van der Waals surface area contributed by atoms with Gasteiger partial charge in [-0.05, 0) is 36.0 Å². The average molecular weight is 248 g/mol. The van der Waals surface area contributed by atoms with Gasteiger partial charge in [0.2, 0.25) is 0 Å². The molecule has 4 rings (SSSR count). The molecule has 1 atom stereocenters. The third-order valence-corrected chi connectivity index (χ3v) is 4.17. The van der Waals surface area contributed by atoms with Crippen LogP contribution in [0.25, 0.3) is 11.3 Å². The molecular formula is C17H16N2. The Bertz CT molecular complexity index is 676. The number of hydrogen-bond donors (Lipinski definition) is 1. The summed E-state index contributed by atoms with van der Waals surface area (Å²) >= 11 is 0. The molecule has 1 aromatic carbocycles. The van der Waals surface area contributed by atoms with Crippen LogP contribution in [0.15, 0.2) is 54.3 Å². The highest BCUT2D eigenvalue weighted by atomic mass is 15.1. The molecule has 2 aromatic rings. The Balaban J connectivity index is 1.87. The van der Waals surface area contributed by atoms with Crippen molar-refractivity contribution in [3.05, 3.63) is 65.4 Å². The number of allylic oxidation sites excluding steroid dienone is 4. The molecule has 0 saturated carbocycles. The van der Waals surface area contributed by atoms with Crippen LogP contribution in [0, 0.1) is 0 Å². The van der Waals surface area contributed by atoms with E-state index in [1.807, 2.05) is 6.20 Å². The molecule has 0 radical (unpaired) electrons. The lowest BCUT2D eigenvalue weighted by molar-refractivity contribution is 0.778. The zero-order valence-corrected chi connectivity index (χ0v) is 10.8. The van der Waals surface area contributed by atoms with E-state index in [0.717, 1.165) is 6.42 Å². The number of benzene rings is 1. The lowest BCUT2D eigenvalue weighted by Crippen LogP contribution is -2.12. The number of aromatic nitrogens is 2. The maximum atomic E-state index is 4.22. The molecular weight excluding hydrogens is 232 g/mol. The summed E-state index contributed by atoms with van der Waals surface area (Å²) in [6.45, 7) is 0. The van der Waals surface area contributed by atoms with Gasteiger partial charge in [-0.15, -0.1) is 0 Å². The molecule has 0 bridgehead atoms. The third-order valence-electron chi connectivity index (χ3n) is 4.17. The van der Waals surface area contributed by atoms with E-state index in [4.69, 9.17) is 0 Å². The first kappa shape index (κ1) is 10.8. The summed E-state index contributed by atoms with van der Waals surface area (Å²) in [6.07, 6.45) is 12.4. The van der Waals surface area contributed by atoms with E-state index in [1.165, 1.54) is 40.8 Å². The normalized spacial score (nSPS) is 20.6. The van der Waals surface area contributed by atoms with Crippen LogP contribution in [-0.4, -0.2) is 10.2 Å². The minimum absolute atomic E-state index is 0.484. The summed E-state index contributed by atoms with van der Waals surface area (Å²) in [5, 5.41) is 7.37. The van der Waals surface area contributed by atoms with Crippen LogP contribution < -0.4 is 0 Å². The molecule has 1 N–H and O–H groups in total. The Hall–Kier alpha value is -2.09. The van der Waals surface area contributed by atoms with Gasteiger partial charge in [0.25, 0.3) is 0 Å². The molecule has 2 heteroatoms. The number of hydrogen-bond acceptors (Lipinski definition) is 1.